The van der Waals surface area contributed by atoms with E-state index in [2.05, 4.69) is 39.5 Å². The van der Waals surface area contributed by atoms with Crippen LogP contribution in [0.15, 0.2) is 59.2 Å². The Bertz CT molecular complexity index is 1050. The molecule has 2 aliphatic heterocycles. The van der Waals surface area contributed by atoms with Gasteiger partial charge in [-0.05, 0) is 62.3 Å². The second-order valence-electron chi connectivity index (χ2n) is 8.53. The van der Waals surface area contributed by atoms with Crippen LogP contribution in [-0.4, -0.2) is 28.0 Å². The lowest BCUT2D eigenvalue weighted by atomic mass is 9.70. The number of oxazole rings is 1. The van der Waals surface area contributed by atoms with Gasteiger partial charge in [-0.1, -0.05) is 36.4 Å². The number of rotatable bonds is 4. The van der Waals surface area contributed by atoms with Gasteiger partial charge in [-0.2, -0.15) is 0 Å². The Morgan fingerprint density at radius 1 is 1.21 bits per heavy atom. The summed E-state index contributed by atoms with van der Waals surface area (Å²) in [5.74, 6) is 1.22. The zero-order valence-electron chi connectivity index (χ0n) is 16.8. The molecule has 0 radical (unpaired) electrons. The summed E-state index contributed by atoms with van der Waals surface area (Å²) in [4.78, 5) is 19.6. The molecule has 2 bridgehead atoms. The number of nitrogens with zero attached hydrogens (tertiary/aromatic N) is 2. The van der Waals surface area contributed by atoms with Gasteiger partial charge in [0.05, 0.1) is 5.69 Å². The van der Waals surface area contributed by atoms with Crippen LogP contribution < -0.4 is 5.32 Å². The summed E-state index contributed by atoms with van der Waals surface area (Å²) in [6.07, 6.45) is 4.77. The van der Waals surface area contributed by atoms with E-state index in [-0.39, 0.29) is 11.6 Å². The number of anilines is 1. The van der Waals surface area contributed by atoms with Crippen molar-refractivity contribution in [3.63, 3.8) is 0 Å². The monoisotopic (exact) mass is 387 g/mol. The Balaban J connectivity index is 1.35. The number of hydrogen-bond acceptors (Lipinski definition) is 3. The zero-order valence-corrected chi connectivity index (χ0v) is 16.8. The van der Waals surface area contributed by atoms with Crippen molar-refractivity contribution in [3.8, 4) is 11.5 Å². The molecule has 3 aromatic rings. The summed E-state index contributed by atoms with van der Waals surface area (Å²) >= 11 is 0. The molecule has 5 heteroatoms. The average molecular weight is 387 g/mol. The van der Waals surface area contributed by atoms with E-state index in [4.69, 9.17) is 4.42 Å². The van der Waals surface area contributed by atoms with Crippen molar-refractivity contribution in [2.24, 2.45) is 5.92 Å². The predicted octanol–water partition coefficient (Wildman–Crippen LogP) is 5.20. The van der Waals surface area contributed by atoms with Gasteiger partial charge in [-0.15, -0.1) is 0 Å². The van der Waals surface area contributed by atoms with E-state index < -0.39 is 0 Å². The number of amides is 2. The Hall–Kier alpha value is -3.08. The average Bonchev–Trinajstić information content (AvgIpc) is 3.37. The summed E-state index contributed by atoms with van der Waals surface area (Å²) in [6, 6.07) is 16.4. The molecule has 1 aliphatic carbocycles. The van der Waals surface area contributed by atoms with Crippen LogP contribution in [0.25, 0.3) is 11.5 Å². The highest BCUT2D eigenvalue weighted by atomic mass is 16.3. The smallest absolute Gasteiger partial charge is 0.322 e. The van der Waals surface area contributed by atoms with Crippen LogP contribution >= 0.6 is 0 Å². The van der Waals surface area contributed by atoms with Crippen molar-refractivity contribution in [3.05, 3.63) is 71.6 Å². The van der Waals surface area contributed by atoms with Crippen molar-refractivity contribution < 1.29 is 9.21 Å². The number of aromatic nitrogens is 1. The highest BCUT2D eigenvalue weighted by Gasteiger charge is 2.57. The molecule has 5 nitrogen and oxygen atoms in total. The third-order valence-corrected chi connectivity index (χ3v) is 6.31. The molecule has 3 fully saturated rings. The van der Waals surface area contributed by atoms with Gasteiger partial charge in [0.15, 0.2) is 0 Å². The van der Waals surface area contributed by atoms with Crippen molar-refractivity contribution in [2.75, 3.05) is 11.9 Å². The fourth-order valence-corrected chi connectivity index (χ4v) is 4.93. The van der Waals surface area contributed by atoms with Crippen molar-refractivity contribution in [2.45, 2.75) is 38.6 Å². The maximum Gasteiger partial charge on any atom is 0.322 e. The summed E-state index contributed by atoms with van der Waals surface area (Å²) in [7, 11) is 0. The Morgan fingerprint density at radius 3 is 2.72 bits per heavy atom. The molecule has 29 heavy (non-hydrogen) atoms. The maximum atomic E-state index is 13.2. The van der Waals surface area contributed by atoms with E-state index in [0.717, 1.165) is 48.3 Å². The van der Waals surface area contributed by atoms with E-state index in [0.29, 0.717) is 11.8 Å². The van der Waals surface area contributed by atoms with Crippen LogP contribution in [-0.2, 0) is 6.42 Å². The minimum Gasteiger partial charge on any atom is -0.444 e. The first-order chi connectivity index (χ1) is 14.0. The van der Waals surface area contributed by atoms with Crippen LogP contribution in [0.3, 0.4) is 0 Å². The number of hydrogen-bond donors (Lipinski definition) is 1. The first-order valence-corrected chi connectivity index (χ1v) is 10.2. The molecule has 1 N–H and O–H groups in total. The number of benzene rings is 2. The van der Waals surface area contributed by atoms with Crippen molar-refractivity contribution in [1.82, 2.24) is 9.88 Å². The fraction of sp³-hybridized carbons (Fsp3) is 0.333. The van der Waals surface area contributed by atoms with Gasteiger partial charge < -0.3 is 14.6 Å². The minimum absolute atomic E-state index is 0.0145. The normalized spacial score (nSPS) is 22.4. The second-order valence-corrected chi connectivity index (χ2v) is 8.53. The van der Waals surface area contributed by atoms with E-state index in [1.165, 1.54) is 5.56 Å². The lowest BCUT2D eigenvalue weighted by molar-refractivity contribution is 0.129. The SMILES string of the molecule is Cc1coc(-c2cc(NC(=O)N3CC4CC3(Cc3ccccc3)C4)ccc2C)n1. The van der Waals surface area contributed by atoms with Crippen LogP contribution in [0, 0.1) is 19.8 Å². The molecule has 0 spiro atoms. The highest BCUT2D eigenvalue weighted by Crippen LogP contribution is 2.52. The quantitative estimate of drug-likeness (QED) is 0.670. The van der Waals surface area contributed by atoms with Gasteiger partial charge in [-0.3, -0.25) is 0 Å². The first-order valence-electron chi connectivity index (χ1n) is 10.2. The van der Waals surface area contributed by atoms with Gasteiger partial charge in [0.1, 0.15) is 6.26 Å². The van der Waals surface area contributed by atoms with Gasteiger partial charge in [0, 0.05) is 23.3 Å². The second kappa shape index (κ2) is 6.76. The maximum absolute atomic E-state index is 13.2. The summed E-state index contributed by atoms with van der Waals surface area (Å²) < 4.78 is 5.56. The van der Waals surface area contributed by atoms with E-state index in [9.17, 15) is 4.79 Å². The number of aryl methyl sites for hydroxylation is 2. The number of carbonyl (C=O) groups excluding carboxylic acids is 1. The molecule has 1 saturated carbocycles. The Labute approximate surface area is 170 Å². The van der Waals surface area contributed by atoms with Gasteiger partial charge in [-0.25, -0.2) is 9.78 Å². The summed E-state index contributed by atoms with van der Waals surface area (Å²) in [6.45, 7) is 4.76. The van der Waals surface area contributed by atoms with Gasteiger partial charge in [0.2, 0.25) is 5.89 Å². The number of urea groups is 1. The largest absolute Gasteiger partial charge is 0.444 e. The fourth-order valence-electron chi connectivity index (χ4n) is 4.93. The lowest BCUT2D eigenvalue weighted by Gasteiger charge is -2.42. The molecular weight excluding hydrogens is 362 g/mol. The molecular formula is C24H25N3O2. The summed E-state index contributed by atoms with van der Waals surface area (Å²) in [5.41, 5.74) is 4.83. The molecule has 0 unspecified atom stereocenters. The zero-order chi connectivity index (χ0) is 20.0. The standard InChI is InChI=1S/C24H25N3O2/c1-16-8-9-20(10-21(16)22-25-17(2)15-29-22)26-23(28)27-14-19-12-24(27,13-19)11-18-6-4-3-5-7-18/h3-10,15,19H,11-14H2,1-2H3,(H,26,28). The van der Waals surface area contributed by atoms with Gasteiger partial charge in [0.25, 0.3) is 0 Å². The van der Waals surface area contributed by atoms with Crippen LogP contribution in [0.2, 0.25) is 0 Å². The van der Waals surface area contributed by atoms with Crippen molar-refractivity contribution >= 4 is 11.7 Å². The van der Waals surface area contributed by atoms with Crippen LogP contribution in [0.5, 0.6) is 0 Å². The number of fused-ring (bicyclic) bond motifs is 1. The minimum atomic E-state index is -0.0384. The van der Waals surface area contributed by atoms with E-state index >= 15 is 0 Å². The van der Waals surface area contributed by atoms with Crippen LogP contribution in [0.1, 0.15) is 29.7 Å². The van der Waals surface area contributed by atoms with Crippen LogP contribution in [0.4, 0.5) is 10.5 Å². The molecule has 2 saturated heterocycles. The first kappa shape index (κ1) is 18.0. The number of carbonyl (C=O) groups is 1. The summed E-state index contributed by atoms with van der Waals surface area (Å²) in [5, 5.41) is 3.11. The molecule has 3 aliphatic rings. The molecule has 3 heterocycles. The molecule has 2 amide bonds. The Morgan fingerprint density at radius 2 is 2.00 bits per heavy atom. The highest BCUT2D eigenvalue weighted by molar-refractivity contribution is 5.91. The lowest BCUT2D eigenvalue weighted by Crippen LogP contribution is -2.51. The van der Waals surface area contributed by atoms with E-state index in [1.54, 1.807) is 6.26 Å². The third kappa shape index (κ3) is 3.20. The number of nitrogens with one attached hydrogen (secondary N) is 1. The Kier molecular flexibility index (Phi) is 4.19. The molecule has 6 rings (SSSR count). The molecule has 148 valence electrons. The predicted molar refractivity (Wildman–Crippen MR) is 113 cm³/mol. The van der Waals surface area contributed by atoms with E-state index in [1.807, 2.05) is 38.1 Å². The van der Waals surface area contributed by atoms with Gasteiger partial charge >= 0.3 is 6.03 Å². The van der Waals surface area contributed by atoms with Crippen molar-refractivity contribution in [1.29, 1.82) is 0 Å². The molecule has 1 aromatic heterocycles. The topological polar surface area (TPSA) is 58.4 Å². The molecule has 2 aromatic carbocycles. The molecule has 0 atom stereocenters. The third-order valence-electron chi connectivity index (χ3n) is 6.31.